The molecule has 3 atom stereocenters. The number of hydrazine groups is 1. The fourth-order valence-electron chi connectivity index (χ4n) is 6.49. The minimum absolute atomic E-state index is 0.0260. The first-order valence-corrected chi connectivity index (χ1v) is 13.0. The van der Waals surface area contributed by atoms with E-state index in [4.69, 9.17) is 0 Å². The molecule has 1 saturated heterocycles. The van der Waals surface area contributed by atoms with Crippen LogP contribution in [0.3, 0.4) is 0 Å². The molecule has 0 aromatic heterocycles. The quantitative estimate of drug-likeness (QED) is 0.694. The van der Waals surface area contributed by atoms with Gasteiger partial charge in [0.2, 0.25) is 5.91 Å². The van der Waals surface area contributed by atoms with Crippen molar-refractivity contribution < 1.29 is 9.59 Å². The Morgan fingerprint density at radius 3 is 2.68 bits per heavy atom. The van der Waals surface area contributed by atoms with Gasteiger partial charge >= 0.3 is 0 Å². The second kappa shape index (κ2) is 9.67. The molecule has 2 N–H and O–H groups in total. The zero-order chi connectivity index (χ0) is 23.8. The predicted octanol–water partition coefficient (Wildman–Crippen LogP) is 4.01. The molecule has 1 aromatic carbocycles. The molecule has 1 aromatic rings. The Morgan fingerprint density at radius 1 is 1.15 bits per heavy atom. The van der Waals surface area contributed by atoms with E-state index in [2.05, 4.69) is 35.8 Å². The monoisotopic (exact) mass is 462 g/mol. The predicted molar refractivity (Wildman–Crippen MR) is 133 cm³/mol. The molecular formula is C28H38N4O2. The van der Waals surface area contributed by atoms with Crippen LogP contribution in [0.15, 0.2) is 47.1 Å². The minimum atomic E-state index is -0.567. The lowest BCUT2D eigenvalue weighted by atomic mass is 9.80. The summed E-state index contributed by atoms with van der Waals surface area (Å²) >= 11 is 0. The van der Waals surface area contributed by atoms with Crippen LogP contribution in [0.5, 0.6) is 0 Å². The maximum Gasteiger partial charge on any atom is 0.255 e. The van der Waals surface area contributed by atoms with E-state index in [9.17, 15) is 9.59 Å². The van der Waals surface area contributed by atoms with Crippen molar-refractivity contribution in [3.63, 3.8) is 0 Å². The van der Waals surface area contributed by atoms with Crippen LogP contribution in [0.25, 0.3) is 0 Å². The standard InChI is InChI=1S/C28H38N4O2/c1-4-29-27(33)26-21-13-9-8-12-20(21)17-32(26)28(34)22-16-23-24(14-18(22)2)30-31(3)25(23)15-19-10-6-5-7-11-19/h8-9,12-13,16,19,24-26,30H,4-7,10-11,14-15,17H2,1-3H3,(H,29,33). The van der Waals surface area contributed by atoms with Gasteiger partial charge in [-0.05, 0) is 55.4 Å². The second-order valence-corrected chi connectivity index (χ2v) is 10.5. The van der Waals surface area contributed by atoms with E-state index >= 15 is 0 Å². The van der Waals surface area contributed by atoms with Gasteiger partial charge in [-0.3, -0.25) is 9.59 Å². The van der Waals surface area contributed by atoms with E-state index in [0.29, 0.717) is 19.1 Å². The minimum Gasteiger partial charge on any atom is -0.354 e. The SMILES string of the molecule is CCNC(=O)C1c2ccccc2CN1C(=O)C1=C(C)CC2NN(C)C(CC3CCCCC3)C2=C1. The molecule has 0 radical (unpaired) electrons. The lowest BCUT2D eigenvalue weighted by Crippen LogP contribution is -2.41. The highest BCUT2D eigenvalue weighted by molar-refractivity contribution is 6.01. The van der Waals surface area contributed by atoms with Gasteiger partial charge in [0, 0.05) is 37.8 Å². The molecule has 0 bridgehead atoms. The summed E-state index contributed by atoms with van der Waals surface area (Å²) < 4.78 is 0. The van der Waals surface area contributed by atoms with E-state index in [-0.39, 0.29) is 17.9 Å². The molecule has 6 heteroatoms. The number of nitrogens with one attached hydrogen (secondary N) is 2. The summed E-state index contributed by atoms with van der Waals surface area (Å²) in [5.41, 5.74) is 8.88. The zero-order valence-electron chi connectivity index (χ0n) is 20.8. The molecule has 4 aliphatic rings. The van der Waals surface area contributed by atoms with Crippen molar-refractivity contribution in [1.29, 1.82) is 0 Å². The zero-order valence-corrected chi connectivity index (χ0v) is 20.8. The van der Waals surface area contributed by atoms with Crippen molar-refractivity contribution in [2.24, 2.45) is 5.92 Å². The van der Waals surface area contributed by atoms with Gasteiger partial charge in [0.1, 0.15) is 6.04 Å². The topological polar surface area (TPSA) is 64.7 Å². The summed E-state index contributed by atoms with van der Waals surface area (Å²) in [5, 5.41) is 5.21. The molecule has 3 unspecified atom stereocenters. The van der Waals surface area contributed by atoms with Gasteiger partial charge in [-0.1, -0.05) is 61.9 Å². The molecule has 5 rings (SSSR count). The largest absolute Gasteiger partial charge is 0.354 e. The fourth-order valence-corrected chi connectivity index (χ4v) is 6.49. The van der Waals surface area contributed by atoms with Gasteiger partial charge in [-0.15, -0.1) is 0 Å². The summed E-state index contributed by atoms with van der Waals surface area (Å²) in [6.07, 6.45) is 10.9. The molecule has 34 heavy (non-hydrogen) atoms. The molecule has 2 amide bonds. The third-order valence-electron chi connectivity index (χ3n) is 8.27. The van der Waals surface area contributed by atoms with Crippen LogP contribution in [0, 0.1) is 5.92 Å². The molecule has 6 nitrogen and oxygen atoms in total. The molecule has 1 saturated carbocycles. The van der Waals surface area contributed by atoms with Crippen LogP contribution in [-0.2, 0) is 16.1 Å². The van der Waals surface area contributed by atoms with Crippen LogP contribution in [0.4, 0.5) is 0 Å². The number of carbonyl (C=O) groups excluding carboxylic acids is 2. The van der Waals surface area contributed by atoms with Crippen LogP contribution in [-0.4, -0.2) is 47.4 Å². The number of hydrogen-bond acceptors (Lipinski definition) is 4. The Bertz CT molecular complexity index is 1020. The number of likely N-dealkylation sites (N-methyl/N-ethyl adjacent to an activating group) is 2. The number of hydrogen-bond donors (Lipinski definition) is 2. The number of benzene rings is 1. The third-order valence-corrected chi connectivity index (χ3v) is 8.27. The summed E-state index contributed by atoms with van der Waals surface area (Å²) in [6, 6.07) is 7.98. The van der Waals surface area contributed by atoms with Gasteiger partial charge in [0.25, 0.3) is 5.91 Å². The Hall–Kier alpha value is -2.44. The van der Waals surface area contributed by atoms with E-state index in [1.807, 2.05) is 31.2 Å². The lowest BCUT2D eigenvalue weighted by molar-refractivity contribution is -0.137. The lowest BCUT2D eigenvalue weighted by Gasteiger charge is -2.30. The first-order chi connectivity index (χ1) is 16.5. The number of rotatable bonds is 5. The van der Waals surface area contributed by atoms with Crippen LogP contribution in [0.2, 0.25) is 0 Å². The first-order valence-electron chi connectivity index (χ1n) is 13.0. The Morgan fingerprint density at radius 2 is 1.91 bits per heavy atom. The Labute approximate surface area is 203 Å². The highest BCUT2D eigenvalue weighted by Gasteiger charge is 2.42. The molecule has 2 heterocycles. The smallest absolute Gasteiger partial charge is 0.255 e. The van der Waals surface area contributed by atoms with Crippen molar-refractivity contribution in [2.45, 2.75) is 83.5 Å². The highest BCUT2D eigenvalue weighted by atomic mass is 16.2. The average Bonchev–Trinajstić information content (AvgIpc) is 3.36. The maximum atomic E-state index is 14.0. The maximum absolute atomic E-state index is 14.0. The van der Waals surface area contributed by atoms with Gasteiger partial charge in [-0.2, -0.15) is 0 Å². The first kappa shape index (κ1) is 23.3. The molecule has 2 fully saturated rings. The molecule has 2 aliphatic heterocycles. The second-order valence-electron chi connectivity index (χ2n) is 10.5. The van der Waals surface area contributed by atoms with E-state index in [0.717, 1.165) is 41.0 Å². The van der Waals surface area contributed by atoms with E-state index in [1.54, 1.807) is 4.90 Å². The third kappa shape index (κ3) is 4.22. The molecule has 2 aliphatic carbocycles. The van der Waals surface area contributed by atoms with E-state index < -0.39 is 6.04 Å². The normalized spacial score (nSPS) is 27.4. The Balaban J connectivity index is 1.42. The van der Waals surface area contributed by atoms with Crippen LogP contribution < -0.4 is 10.7 Å². The summed E-state index contributed by atoms with van der Waals surface area (Å²) in [7, 11) is 2.14. The average molecular weight is 463 g/mol. The number of carbonyl (C=O) groups is 2. The van der Waals surface area contributed by atoms with Crippen molar-refractivity contribution in [1.82, 2.24) is 20.7 Å². The summed E-state index contributed by atoms with van der Waals surface area (Å²) in [4.78, 5) is 28.8. The van der Waals surface area contributed by atoms with Crippen molar-refractivity contribution in [2.75, 3.05) is 13.6 Å². The van der Waals surface area contributed by atoms with Gasteiger partial charge in [-0.25, -0.2) is 10.4 Å². The van der Waals surface area contributed by atoms with Gasteiger partial charge < -0.3 is 10.2 Å². The Kier molecular flexibility index (Phi) is 6.63. The van der Waals surface area contributed by atoms with Crippen LogP contribution in [0.1, 0.15) is 76.0 Å². The summed E-state index contributed by atoms with van der Waals surface area (Å²) in [5.74, 6) is 0.642. The van der Waals surface area contributed by atoms with Crippen molar-refractivity contribution >= 4 is 11.8 Å². The molecule has 182 valence electrons. The van der Waals surface area contributed by atoms with Crippen LogP contribution >= 0.6 is 0 Å². The van der Waals surface area contributed by atoms with Gasteiger partial charge in [0.05, 0.1) is 0 Å². The summed E-state index contributed by atoms with van der Waals surface area (Å²) in [6.45, 7) is 5.01. The fraction of sp³-hybridized carbons (Fsp3) is 0.571. The van der Waals surface area contributed by atoms with Crippen molar-refractivity contribution in [3.05, 3.63) is 58.2 Å². The van der Waals surface area contributed by atoms with Crippen molar-refractivity contribution in [3.8, 4) is 0 Å². The van der Waals surface area contributed by atoms with Gasteiger partial charge in [0.15, 0.2) is 0 Å². The molecule has 0 spiro atoms. The molecular weight excluding hydrogens is 424 g/mol. The number of fused-ring (bicyclic) bond motifs is 2. The number of amides is 2. The van der Waals surface area contributed by atoms with E-state index in [1.165, 1.54) is 37.7 Å². The number of nitrogens with zero attached hydrogens (tertiary/aromatic N) is 2. The highest BCUT2D eigenvalue weighted by Crippen LogP contribution is 2.40.